The number of hydrazine groups is 1. The topological polar surface area (TPSA) is 108 Å². The Hall–Kier alpha value is -3.26. The molecule has 0 fully saturated rings. The lowest BCUT2D eigenvalue weighted by Crippen LogP contribution is -2.11. The number of nitrogens with one attached hydrogen (secondary N) is 2. The minimum atomic E-state index is -1.22. The molecular weight excluding hydrogens is 476 g/mol. The van der Waals surface area contributed by atoms with E-state index in [9.17, 15) is 19.8 Å². The normalized spacial score (nSPS) is 10.7. The second kappa shape index (κ2) is 10.9. The Morgan fingerprint density at radius 2 is 1.81 bits per heavy atom. The fraction of sp³-hybridized carbons (Fsp3) is 0.250. The quantitative estimate of drug-likeness (QED) is 0.122. The van der Waals surface area contributed by atoms with E-state index in [0.717, 1.165) is 22.9 Å². The number of carbonyl (C=O) groups excluding carboxylic acids is 1. The second-order valence-corrected chi connectivity index (χ2v) is 8.25. The summed E-state index contributed by atoms with van der Waals surface area (Å²) in [5.41, 5.74) is 7.71. The van der Waals surface area contributed by atoms with Crippen LogP contribution >= 0.6 is 15.9 Å². The first kappa shape index (κ1) is 23.4. The van der Waals surface area contributed by atoms with Crippen LogP contribution in [0, 0.1) is 0 Å². The first-order valence-electron chi connectivity index (χ1n) is 10.3. The molecule has 0 heterocycles. The molecule has 0 radical (unpaired) electrons. The summed E-state index contributed by atoms with van der Waals surface area (Å²) in [7, 11) is 0. The highest BCUT2D eigenvalue weighted by Gasteiger charge is 2.17. The predicted octanol–water partition coefficient (Wildman–Crippen LogP) is 5.72. The summed E-state index contributed by atoms with van der Waals surface area (Å²) in [5, 5.41) is 21.3. The van der Waals surface area contributed by atoms with E-state index >= 15 is 0 Å². The molecule has 0 amide bonds. The summed E-state index contributed by atoms with van der Waals surface area (Å²) in [5.74, 6) is -1.77. The molecule has 0 aliphatic heterocycles. The first-order valence-corrected chi connectivity index (χ1v) is 11.1. The van der Waals surface area contributed by atoms with Gasteiger partial charge in [0, 0.05) is 16.3 Å². The number of anilines is 2. The van der Waals surface area contributed by atoms with Crippen molar-refractivity contribution >= 4 is 50.0 Å². The third kappa shape index (κ3) is 5.91. The van der Waals surface area contributed by atoms with Gasteiger partial charge < -0.3 is 20.4 Å². The van der Waals surface area contributed by atoms with Crippen LogP contribution in [0.15, 0.2) is 53.0 Å². The molecule has 168 valence electrons. The van der Waals surface area contributed by atoms with Crippen molar-refractivity contribution in [2.45, 2.75) is 32.6 Å². The zero-order chi connectivity index (χ0) is 23.1. The molecular formula is C24H25BrN2O5. The fourth-order valence-corrected chi connectivity index (χ4v) is 3.57. The van der Waals surface area contributed by atoms with Gasteiger partial charge in [0.1, 0.15) is 11.3 Å². The number of hydrogen-bond donors (Lipinski definition) is 4. The van der Waals surface area contributed by atoms with Crippen molar-refractivity contribution in [3.63, 3.8) is 0 Å². The van der Waals surface area contributed by atoms with Gasteiger partial charge in [0.25, 0.3) is 0 Å². The van der Waals surface area contributed by atoms with Gasteiger partial charge in [-0.3, -0.25) is 10.2 Å². The smallest absolute Gasteiger partial charge is 0.339 e. The van der Waals surface area contributed by atoms with Crippen LogP contribution in [0.4, 0.5) is 11.4 Å². The van der Waals surface area contributed by atoms with E-state index in [1.54, 1.807) is 12.1 Å². The number of halogens is 1. The fourth-order valence-electron chi connectivity index (χ4n) is 3.19. The SMILES string of the molecule is CCCCOC(=O)CCc1ccc(NNc2c(O)c(C(=O)O)cc3cc(Br)ccc23)cc1. The van der Waals surface area contributed by atoms with Gasteiger partial charge in [-0.05, 0) is 54.1 Å². The van der Waals surface area contributed by atoms with Gasteiger partial charge in [0.05, 0.1) is 12.3 Å². The minimum Gasteiger partial charge on any atom is -0.505 e. The summed E-state index contributed by atoms with van der Waals surface area (Å²) < 4.78 is 5.97. The molecule has 32 heavy (non-hydrogen) atoms. The van der Waals surface area contributed by atoms with Crippen molar-refractivity contribution in [2.24, 2.45) is 0 Å². The number of esters is 1. The zero-order valence-electron chi connectivity index (χ0n) is 17.7. The van der Waals surface area contributed by atoms with E-state index in [-0.39, 0.29) is 23.0 Å². The lowest BCUT2D eigenvalue weighted by molar-refractivity contribution is -0.143. The third-order valence-corrected chi connectivity index (χ3v) is 5.46. The van der Waals surface area contributed by atoms with Crippen LogP contribution in [-0.4, -0.2) is 28.8 Å². The number of ether oxygens (including phenoxy) is 1. The van der Waals surface area contributed by atoms with E-state index < -0.39 is 5.97 Å². The number of phenols is 1. The second-order valence-electron chi connectivity index (χ2n) is 7.34. The molecule has 7 nitrogen and oxygen atoms in total. The molecule has 0 saturated carbocycles. The Morgan fingerprint density at radius 3 is 2.50 bits per heavy atom. The number of carbonyl (C=O) groups is 2. The van der Waals surface area contributed by atoms with Crippen molar-refractivity contribution in [1.29, 1.82) is 0 Å². The highest BCUT2D eigenvalue weighted by atomic mass is 79.9. The molecule has 3 aromatic rings. The Balaban J connectivity index is 1.68. The highest BCUT2D eigenvalue weighted by molar-refractivity contribution is 9.10. The monoisotopic (exact) mass is 500 g/mol. The number of rotatable bonds is 10. The first-order chi connectivity index (χ1) is 15.4. The summed E-state index contributed by atoms with van der Waals surface area (Å²) in [6.07, 6.45) is 2.77. The number of aryl methyl sites for hydroxylation is 1. The van der Waals surface area contributed by atoms with Crippen molar-refractivity contribution in [2.75, 3.05) is 17.5 Å². The van der Waals surface area contributed by atoms with Gasteiger partial charge >= 0.3 is 11.9 Å². The third-order valence-electron chi connectivity index (χ3n) is 4.97. The lowest BCUT2D eigenvalue weighted by atomic mass is 10.0. The van der Waals surface area contributed by atoms with Crippen LogP contribution < -0.4 is 10.9 Å². The van der Waals surface area contributed by atoms with E-state index in [1.807, 2.05) is 37.3 Å². The van der Waals surface area contributed by atoms with E-state index in [4.69, 9.17) is 4.74 Å². The predicted molar refractivity (Wildman–Crippen MR) is 128 cm³/mol. The summed E-state index contributed by atoms with van der Waals surface area (Å²) >= 11 is 3.38. The minimum absolute atomic E-state index is 0.193. The Kier molecular flexibility index (Phi) is 7.94. The summed E-state index contributed by atoms with van der Waals surface area (Å²) in [6.45, 7) is 2.51. The van der Waals surface area contributed by atoms with Crippen LogP contribution in [0.2, 0.25) is 0 Å². The molecule has 3 rings (SSSR count). The molecule has 8 heteroatoms. The molecule has 0 saturated heterocycles. The largest absolute Gasteiger partial charge is 0.505 e. The molecule has 0 aromatic heterocycles. The van der Waals surface area contributed by atoms with Gasteiger partial charge in [-0.25, -0.2) is 4.79 Å². The van der Waals surface area contributed by atoms with Crippen molar-refractivity contribution < 1.29 is 24.5 Å². The van der Waals surface area contributed by atoms with Gasteiger partial charge in [-0.1, -0.05) is 47.5 Å². The van der Waals surface area contributed by atoms with Crippen molar-refractivity contribution in [3.05, 3.63) is 64.1 Å². The highest BCUT2D eigenvalue weighted by Crippen LogP contribution is 2.37. The number of benzene rings is 3. The van der Waals surface area contributed by atoms with Gasteiger partial charge in [-0.2, -0.15) is 0 Å². The zero-order valence-corrected chi connectivity index (χ0v) is 19.2. The standard InChI is InChI=1S/C24H25BrN2O5/c1-2-3-12-32-21(28)11-6-15-4-8-18(9-5-15)26-27-22-19-10-7-17(25)13-16(19)14-20(23(22)29)24(30)31/h4-5,7-10,13-14,26-27,29H,2-3,6,11-12H2,1H3,(H,30,31). The number of aromatic carboxylic acids is 1. The average molecular weight is 501 g/mol. The van der Waals surface area contributed by atoms with Crippen LogP contribution in [0.1, 0.15) is 42.1 Å². The Bertz CT molecular complexity index is 1120. The van der Waals surface area contributed by atoms with Crippen molar-refractivity contribution in [3.8, 4) is 5.75 Å². The van der Waals surface area contributed by atoms with Crippen LogP contribution in [0.5, 0.6) is 5.75 Å². The van der Waals surface area contributed by atoms with E-state index in [0.29, 0.717) is 35.9 Å². The van der Waals surface area contributed by atoms with Crippen LogP contribution in [0.3, 0.4) is 0 Å². The molecule has 0 bridgehead atoms. The van der Waals surface area contributed by atoms with Crippen molar-refractivity contribution in [1.82, 2.24) is 0 Å². The molecule has 0 spiro atoms. The maximum absolute atomic E-state index is 11.7. The summed E-state index contributed by atoms with van der Waals surface area (Å²) in [4.78, 5) is 23.3. The molecule has 3 aromatic carbocycles. The Morgan fingerprint density at radius 1 is 1.06 bits per heavy atom. The maximum Gasteiger partial charge on any atom is 0.339 e. The molecule has 0 aliphatic rings. The molecule has 4 N–H and O–H groups in total. The van der Waals surface area contributed by atoms with Gasteiger partial charge in [-0.15, -0.1) is 0 Å². The van der Waals surface area contributed by atoms with Crippen LogP contribution in [0.25, 0.3) is 10.8 Å². The number of fused-ring (bicyclic) bond motifs is 1. The van der Waals surface area contributed by atoms with Gasteiger partial charge in [0.15, 0.2) is 5.75 Å². The molecule has 0 atom stereocenters. The maximum atomic E-state index is 11.7. The lowest BCUT2D eigenvalue weighted by Gasteiger charge is -2.16. The molecule has 0 aliphatic carbocycles. The number of carboxylic acids is 1. The number of aromatic hydroxyl groups is 1. The van der Waals surface area contributed by atoms with Crippen LogP contribution in [-0.2, 0) is 16.0 Å². The average Bonchev–Trinajstić information content (AvgIpc) is 2.77. The Labute approximate surface area is 194 Å². The number of unbranched alkanes of at least 4 members (excludes halogenated alkanes) is 1. The number of carboxylic acid groups (broad SMARTS) is 1. The van der Waals surface area contributed by atoms with E-state index in [2.05, 4.69) is 26.8 Å². The molecule has 0 unspecified atom stereocenters. The summed E-state index contributed by atoms with van der Waals surface area (Å²) in [6, 6.07) is 14.3. The van der Waals surface area contributed by atoms with Gasteiger partial charge in [0.2, 0.25) is 0 Å². The van der Waals surface area contributed by atoms with E-state index in [1.165, 1.54) is 6.07 Å². The number of hydrogen-bond acceptors (Lipinski definition) is 6.